The van der Waals surface area contributed by atoms with Crippen LogP contribution in [-0.2, 0) is 21.2 Å². The van der Waals surface area contributed by atoms with Crippen LogP contribution in [0.3, 0.4) is 0 Å². The van der Waals surface area contributed by atoms with Crippen molar-refractivity contribution in [1.29, 1.82) is 0 Å². The number of amides is 1. The van der Waals surface area contributed by atoms with Gasteiger partial charge in [-0.3, -0.25) is 19.2 Å². The first-order chi connectivity index (χ1) is 15.2. The van der Waals surface area contributed by atoms with Crippen LogP contribution in [0.4, 0.5) is 11.4 Å². The fourth-order valence-corrected chi connectivity index (χ4v) is 3.81. The molecule has 0 saturated carbocycles. The number of methoxy groups -OCH3 is 1. The molecule has 10 nitrogen and oxygen atoms in total. The normalized spacial score (nSPS) is 11.0. The highest BCUT2D eigenvalue weighted by Crippen LogP contribution is 2.33. The van der Waals surface area contributed by atoms with Gasteiger partial charge in [0, 0.05) is 12.1 Å². The lowest BCUT2D eigenvalue weighted by molar-refractivity contribution is -0.384. The number of anilines is 1. The molecule has 1 N–H and O–H groups in total. The molecule has 32 heavy (non-hydrogen) atoms. The number of nitrogens with one attached hydrogen (secondary N) is 1. The molecule has 0 spiro atoms. The topological polar surface area (TPSA) is 128 Å². The van der Waals surface area contributed by atoms with Crippen LogP contribution in [-0.4, -0.2) is 52.3 Å². The summed E-state index contributed by atoms with van der Waals surface area (Å²) in [6.07, 6.45) is 2.95. The van der Waals surface area contributed by atoms with Gasteiger partial charge in [-0.05, 0) is 30.2 Å². The number of sulfonamides is 1. The monoisotopic (exact) mass is 465 g/mol. The van der Waals surface area contributed by atoms with Crippen molar-refractivity contribution in [3.05, 3.63) is 58.1 Å². The highest BCUT2D eigenvalue weighted by Gasteiger charge is 2.26. The summed E-state index contributed by atoms with van der Waals surface area (Å²) in [4.78, 5) is 22.8. The van der Waals surface area contributed by atoms with Crippen molar-refractivity contribution in [2.45, 2.75) is 19.8 Å². The van der Waals surface area contributed by atoms with Crippen molar-refractivity contribution >= 4 is 27.3 Å². The summed E-state index contributed by atoms with van der Waals surface area (Å²) in [5.74, 6) is 0.160. The van der Waals surface area contributed by atoms with Crippen molar-refractivity contribution in [1.82, 2.24) is 5.32 Å². The lowest BCUT2D eigenvalue weighted by Gasteiger charge is -2.23. The summed E-state index contributed by atoms with van der Waals surface area (Å²) < 4.78 is 36.1. The van der Waals surface area contributed by atoms with E-state index < -0.39 is 27.4 Å². The molecule has 0 atom stereocenters. The van der Waals surface area contributed by atoms with Gasteiger partial charge < -0.3 is 14.8 Å². The lowest BCUT2D eigenvalue weighted by atomic mass is 10.1. The number of carbonyl (C=O) groups is 1. The summed E-state index contributed by atoms with van der Waals surface area (Å²) in [6, 6.07) is 11.2. The smallest absolute Gasteiger partial charge is 0.271 e. The molecule has 0 bridgehead atoms. The molecule has 174 valence electrons. The molecule has 0 aliphatic heterocycles. The van der Waals surface area contributed by atoms with E-state index in [0.29, 0.717) is 5.75 Å². The van der Waals surface area contributed by atoms with E-state index in [2.05, 4.69) is 12.2 Å². The number of ether oxygens (including phenoxy) is 2. The molecular formula is C21H27N3O7S. The number of hydrogen-bond donors (Lipinski definition) is 1. The number of non-ortho nitro benzene ring substituents is 1. The van der Waals surface area contributed by atoms with E-state index >= 15 is 0 Å². The zero-order valence-electron chi connectivity index (χ0n) is 18.2. The van der Waals surface area contributed by atoms with Crippen LogP contribution >= 0.6 is 0 Å². The van der Waals surface area contributed by atoms with Gasteiger partial charge in [0.1, 0.15) is 30.3 Å². The Morgan fingerprint density at radius 3 is 2.44 bits per heavy atom. The number of benzene rings is 2. The first-order valence-corrected chi connectivity index (χ1v) is 11.8. The Kier molecular flexibility index (Phi) is 8.82. The van der Waals surface area contributed by atoms with Crippen LogP contribution in [0.25, 0.3) is 0 Å². The quantitative estimate of drug-likeness (QED) is 0.290. The average molecular weight is 466 g/mol. The summed E-state index contributed by atoms with van der Waals surface area (Å²) >= 11 is 0. The van der Waals surface area contributed by atoms with Crippen LogP contribution in [0.2, 0.25) is 0 Å². The molecule has 0 heterocycles. The summed E-state index contributed by atoms with van der Waals surface area (Å²) in [5, 5.41) is 13.7. The van der Waals surface area contributed by atoms with E-state index in [1.807, 2.05) is 24.3 Å². The minimum atomic E-state index is -3.93. The maximum absolute atomic E-state index is 12.4. The first-order valence-electron chi connectivity index (χ1n) is 9.94. The van der Waals surface area contributed by atoms with Crippen LogP contribution in [0.15, 0.2) is 42.5 Å². The summed E-state index contributed by atoms with van der Waals surface area (Å²) in [5.41, 5.74) is 0.793. The number of hydrogen-bond acceptors (Lipinski definition) is 7. The number of nitrogens with zero attached hydrogens (tertiary/aromatic N) is 2. The average Bonchev–Trinajstić information content (AvgIpc) is 2.75. The van der Waals surface area contributed by atoms with Gasteiger partial charge in [0.25, 0.3) is 5.69 Å². The van der Waals surface area contributed by atoms with Gasteiger partial charge in [-0.2, -0.15) is 0 Å². The molecule has 2 aromatic rings. The third-order valence-corrected chi connectivity index (χ3v) is 5.61. The third-order valence-electron chi connectivity index (χ3n) is 4.48. The van der Waals surface area contributed by atoms with Crippen molar-refractivity contribution in [3.63, 3.8) is 0 Å². The Balaban J connectivity index is 2.00. The number of aryl methyl sites for hydroxylation is 1. The Labute approximate surface area is 187 Å². The van der Waals surface area contributed by atoms with Gasteiger partial charge in [-0.25, -0.2) is 8.42 Å². The fourth-order valence-electron chi connectivity index (χ4n) is 2.95. The highest BCUT2D eigenvalue weighted by atomic mass is 32.2. The SMILES string of the molecule is CCCc1ccc(OCCNC(=O)CN(c2cc([N+](=O)[O-])ccc2OC)S(C)(=O)=O)cc1. The summed E-state index contributed by atoms with van der Waals surface area (Å²) in [6.45, 7) is 1.88. The van der Waals surface area contributed by atoms with E-state index in [0.717, 1.165) is 29.5 Å². The molecule has 0 aliphatic carbocycles. The molecule has 0 saturated heterocycles. The van der Waals surface area contributed by atoms with E-state index in [4.69, 9.17) is 9.47 Å². The highest BCUT2D eigenvalue weighted by molar-refractivity contribution is 7.92. The molecule has 2 rings (SSSR count). The van der Waals surface area contributed by atoms with Crippen molar-refractivity contribution in [2.24, 2.45) is 0 Å². The predicted molar refractivity (Wildman–Crippen MR) is 121 cm³/mol. The van der Waals surface area contributed by atoms with Crippen LogP contribution in [0.5, 0.6) is 11.5 Å². The molecule has 0 radical (unpaired) electrons. The van der Waals surface area contributed by atoms with Gasteiger partial charge >= 0.3 is 0 Å². The standard InChI is InChI=1S/C21H27N3O7S/c1-4-5-16-6-9-18(10-7-16)31-13-12-22-21(25)15-23(32(3,28)29)19-14-17(24(26)27)8-11-20(19)30-2/h6-11,14H,4-5,12-13,15H2,1-3H3,(H,22,25). The van der Waals surface area contributed by atoms with Crippen molar-refractivity contribution < 1.29 is 27.6 Å². The van der Waals surface area contributed by atoms with Crippen molar-refractivity contribution in [3.8, 4) is 11.5 Å². The third kappa shape index (κ3) is 7.12. The second kappa shape index (κ2) is 11.3. The molecule has 1 amide bonds. The molecule has 0 fully saturated rings. The minimum Gasteiger partial charge on any atom is -0.495 e. The molecule has 2 aromatic carbocycles. The number of rotatable bonds is 12. The Morgan fingerprint density at radius 1 is 1.19 bits per heavy atom. The second-order valence-electron chi connectivity index (χ2n) is 6.98. The van der Waals surface area contributed by atoms with Crippen LogP contribution in [0.1, 0.15) is 18.9 Å². The fraction of sp³-hybridized carbons (Fsp3) is 0.381. The zero-order chi connectivity index (χ0) is 23.7. The summed E-state index contributed by atoms with van der Waals surface area (Å²) in [7, 11) is -2.63. The van der Waals surface area contributed by atoms with E-state index in [1.54, 1.807) is 0 Å². The second-order valence-corrected chi connectivity index (χ2v) is 8.88. The molecule has 0 unspecified atom stereocenters. The maximum Gasteiger partial charge on any atom is 0.271 e. The Hall–Kier alpha value is -3.34. The first kappa shape index (κ1) is 24.9. The van der Waals surface area contributed by atoms with Gasteiger partial charge in [0.15, 0.2) is 0 Å². The van der Waals surface area contributed by atoms with Crippen LogP contribution in [0, 0.1) is 10.1 Å². The molecular weight excluding hydrogens is 438 g/mol. The van der Waals surface area contributed by atoms with Crippen molar-refractivity contribution in [2.75, 3.05) is 37.4 Å². The number of carbonyl (C=O) groups excluding carboxylic acids is 1. The van der Waals surface area contributed by atoms with Gasteiger partial charge in [-0.1, -0.05) is 25.5 Å². The molecule has 0 aromatic heterocycles. The molecule has 0 aliphatic rings. The van der Waals surface area contributed by atoms with E-state index in [1.165, 1.54) is 24.8 Å². The Morgan fingerprint density at radius 2 is 1.88 bits per heavy atom. The number of nitro benzene ring substituents is 1. The largest absolute Gasteiger partial charge is 0.495 e. The van der Waals surface area contributed by atoms with Gasteiger partial charge in [0.2, 0.25) is 15.9 Å². The number of nitro groups is 1. The Bertz CT molecular complexity index is 1040. The lowest BCUT2D eigenvalue weighted by Crippen LogP contribution is -2.41. The van der Waals surface area contributed by atoms with Gasteiger partial charge in [-0.15, -0.1) is 0 Å². The predicted octanol–water partition coefficient (Wildman–Crippen LogP) is 2.52. The van der Waals surface area contributed by atoms with Crippen LogP contribution < -0.4 is 19.1 Å². The zero-order valence-corrected chi connectivity index (χ0v) is 19.1. The molecule has 11 heteroatoms. The van der Waals surface area contributed by atoms with E-state index in [-0.39, 0.29) is 30.3 Å². The van der Waals surface area contributed by atoms with Gasteiger partial charge in [0.05, 0.1) is 24.8 Å². The van der Waals surface area contributed by atoms with E-state index in [9.17, 15) is 23.3 Å². The minimum absolute atomic E-state index is 0.0867. The maximum atomic E-state index is 12.4.